The molecule has 0 spiro atoms. The Kier molecular flexibility index (Phi) is 2.07. The van der Waals surface area contributed by atoms with Crippen LogP contribution in [0.4, 0.5) is 4.48 Å². The van der Waals surface area contributed by atoms with Gasteiger partial charge in [-0.25, -0.2) is 0 Å². The molecular weight excluding hydrogens is 117 g/mol. The van der Waals surface area contributed by atoms with Gasteiger partial charge in [0.15, 0.2) is 0 Å². The average molecular weight is 127 g/mol. The molecule has 1 saturated heterocycles. The van der Waals surface area contributed by atoms with Crippen molar-refractivity contribution in [1.29, 1.82) is 0 Å². The molecule has 0 amide bonds. The molecule has 0 saturated carbocycles. The standard InChI is InChI=1S/C7H10FN/c1-2-7-3-5-9(8)6-4-7/h1,7H,3-6H2. The molecule has 0 aromatic rings. The summed E-state index contributed by atoms with van der Waals surface area (Å²) in [5.74, 6) is 2.95. The van der Waals surface area contributed by atoms with Crippen molar-refractivity contribution in [3.05, 3.63) is 0 Å². The van der Waals surface area contributed by atoms with Crippen LogP contribution in [0.15, 0.2) is 0 Å². The second kappa shape index (κ2) is 2.84. The topological polar surface area (TPSA) is 3.24 Å². The number of hydrogen-bond donors (Lipinski definition) is 0. The minimum atomic E-state index is 0.317. The Bertz CT molecular complexity index is 119. The van der Waals surface area contributed by atoms with E-state index < -0.39 is 0 Å². The Balaban J connectivity index is 2.28. The normalized spacial score (nSPS) is 23.6. The molecule has 1 fully saturated rings. The molecule has 0 unspecified atom stereocenters. The molecule has 50 valence electrons. The van der Waals surface area contributed by atoms with Gasteiger partial charge in [-0.15, -0.1) is 21.9 Å². The third-order valence-electron chi connectivity index (χ3n) is 1.68. The molecule has 0 bridgehead atoms. The molecule has 0 aromatic carbocycles. The van der Waals surface area contributed by atoms with Crippen LogP contribution in [-0.2, 0) is 0 Å². The van der Waals surface area contributed by atoms with Crippen LogP contribution in [-0.4, -0.2) is 18.2 Å². The van der Waals surface area contributed by atoms with Crippen LogP contribution in [0.1, 0.15) is 12.8 Å². The molecule has 1 nitrogen and oxygen atoms in total. The molecule has 0 aromatic heterocycles. The first-order valence-electron chi connectivity index (χ1n) is 3.20. The number of halogens is 1. The molecule has 9 heavy (non-hydrogen) atoms. The summed E-state index contributed by atoms with van der Waals surface area (Å²) < 4.78 is 12.3. The van der Waals surface area contributed by atoms with E-state index in [2.05, 4.69) is 5.92 Å². The molecular formula is C7H10FN. The summed E-state index contributed by atoms with van der Waals surface area (Å²) in [6.45, 7) is 1.02. The summed E-state index contributed by atoms with van der Waals surface area (Å²) in [4.78, 5) is 0. The van der Waals surface area contributed by atoms with Gasteiger partial charge in [-0.3, -0.25) is 0 Å². The van der Waals surface area contributed by atoms with Gasteiger partial charge in [-0.1, -0.05) is 0 Å². The van der Waals surface area contributed by atoms with Crippen molar-refractivity contribution >= 4 is 0 Å². The lowest BCUT2D eigenvalue weighted by atomic mass is 9.99. The first-order chi connectivity index (χ1) is 4.33. The number of nitrogens with zero attached hydrogens (tertiary/aromatic N) is 1. The molecule has 1 aliphatic heterocycles. The molecule has 0 atom stereocenters. The fourth-order valence-electron chi connectivity index (χ4n) is 1.01. The van der Waals surface area contributed by atoms with Crippen LogP contribution in [0.3, 0.4) is 0 Å². The number of rotatable bonds is 0. The van der Waals surface area contributed by atoms with Gasteiger partial charge in [0.2, 0.25) is 0 Å². The van der Waals surface area contributed by atoms with Crippen molar-refractivity contribution in [2.45, 2.75) is 12.8 Å². The number of piperidine rings is 1. The zero-order valence-electron chi connectivity index (χ0n) is 5.31. The molecule has 1 aliphatic rings. The summed E-state index contributed by atoms with van der Waals surface area (Å²) in [6.07, 6.45) is 6.78. The largest absolute Gasteiger partial charge is 0.146 e. The highest BCUT2D eigenvalue weighted by Crippen LogP contribution is 2.15. The first-order valence-corrected chi connectivity index (χ1v) is 3.20. The van der Waals surface area contributed by atoms with E-state index in [1.54, 1.807) is 0 Å². The van der Waals surface area contributed by atoms with Crippen molar-refractivity contribution < 1.29 is 4.48 Å². The molecule has 0 radical (unpaired) electrons. The summed E-state index contributed by atoms with van der Waals surface area (Å²) >= 11 is 0. The minimum Gasteiger partial charge on any atom is -0.146 e. The van der Waals surface area contributed by atoms with E-state index in [0.717, 1.165) is 18.0 Å². The SMILES string of the molecule is C#CC1CCN(F)CC1. The maximum atomic E-state index is 12.3. The third-order valence-corrected chi connectivity index (χ3v) is 1.68. The van der Waals surface area contributed by atoms with Crippen LogP contribution >= 0.6 is 0 Å². The van der Waals surface area contributed by atoms with Crippen molar-refractivity contribution in [3.63, 3.8) is 0 Å². The van der Waals surface area contributed by atoms with Crippen molar-refractivity contribution in [1.82, 2.24) is 5.12 Å². The van der Waals surface area contributed by atoms with E-state index in [9.17, 15) is 4.48 Å². The van der Waals surface area contributed by atoms with E-state index in [0.29, 0.717) is 19.0 Å². The zero-order valence-corrected chi connectivity index (χ0v) is 5.31. The second-order valence-corrected chi connectivity index (χ2v) is 2.35. The van der Waals surface area contributed by atoms with Gasteiger partial charge in [-0.2, -0.15) is 0 Å². The van der Waals surface area contributed by atoms with Crippen molar-refractivity contribution in [2.75, 3.05) is 13.1 Å². The van der Waals surface area contributed by atoms with E-state index in [1.807, 2.05) is 0 Å². The third kappa shape index (κ3) is 1.69. The number of terminal acetylenes is 1. The molecule has 1 heterocycles. The van der Waals surface area contributed by atoms with Crippen molar-refractivity contribution in [3.8, 4) is 12.3 Å². The maximum absolute atomic E-state index is 12.3. The smallest absolute Gasteiger partial charge is 0.0302 e. The summed E-state index contributed by atoms with van der Waals surface area (Å²) in [7, 11) is 0. The lowest BCUT2D eigenvalue weighted by Crippen LogP contribution is -2.26. The second-order valence-electron chi connectivity index (χ2n) is 2.35. The molecule has 0 aliphatic carbocycles. The molecule has 1 rings (SSSR count). The fraction of sp³-hybridized carbons (Fsp3) is 0.714. The highest BCUT2D eigenvalue weighted by molar-refractivity contribution is 4.94. The van der Waals surface area contributed by atoms with Crippen LogP contribution in [0, 0.1) is 18.3 Å². The monoisotopic (exact) mass is 127 g/mol. The van der Waals surface area contributed by atoms with Crippen LogP contribution in [0.2, 0.25) is 0 Å². The molecule has 2 heteroatoms. The minimum absolute atomic E-state index is 0.317. The Morgan fingerprint density at radius 3 is 2.44 bits per heavy atom. The quantitative estimate of drug-likeness (QED) is 0.349. The highest BCUT2D eigenvalue weighted by Gasteiger charge is 2.15. The lowest BCUT2D eigenvalue weighted by Gasteiger charge is -2.21. The zero-order chi connectivity index (χ0) is 6.69. The summed E-state index contributed by atoms with van der Waals surface area (Å²) in [6, 6.07) is 0. The highest BCUT2D eigenvalue weighted by atomic mass is 19.2. The van der Waals surface area contributed by atoms with Gasteiger partial charge >= 0.3 is 0 Å². The predicted octanol–water partition coefficient (Wildman–Crippen LogP) is 1.22. The summed E-state index contributed by atoms with van der Waals surface area (Å²) in [5.41, 5.74) is 0. The lowest BCUT2D eigenvalue weighted by molar-refractivity contribution is -0.00172. The van der Waals surface area contributed by atoms with Gasteiger partial charge in [-0.05, 0) is 12.8 Å². The van der Waals surface area contributed by atoms with Gasteiger partial charge in [0.1, 0.15) is 0 Å². The average Bonchev–Trinajstić information content (AvgIpc) is 1.90. The number of hydrogen-bond acceptors (Lipinski definition) is 1. The van der Waals surface area contributed by atoms with Crippen LogP contribution < -0.4 is 0 Å². The Morgan fingerprint density at radius 1 is 1.44 bits per heavy atom. The molecule has 0 N–H and O–H groups in total. The first kappa shape index (κ1) is 6.57. The van der Waals surface area contributed by atoms with Crippen molar-refractivity contribution in [2.24, 2.45) is 5.92 Å². The van der Waals surface area contributed by atoms with E-state index in [1.165, 1.54) is 0 Å². The maximum Gasteiger partial charge on any atom is 0.0302 e. The Hall–Kier alpha value is -0.550. The van der Waals surface area contributed by atoms with Gasteiger partial charge in [0.05, 0.1) is 0 Å². The van der Waals surface area contributed by atoms with E-state index in [-0.39, 0.29) is 0 Å². The Labute approximate surface area is 54.8 Å². The van der Waals surface area contributed by atoms with Crippen LogP contribution in [0.25, 0.3) is 0 Å². The Morgan fingerprint density at radius 2 is 2.00 bits per heavy atom. The van der Waals surface area contributed by atoms with Gasteiger partial charge in [0, 0.05) is 19.0 Å². The van der Waals surface area contributed by atoms with Crippen LogP contribution in [0.5, 0.6) is 0 Å². The van der Waals surface area contributed by atoms with Gasteiger partial charge in [0.25, 0.3) is 0 Å². The predicted molar refractivity (Wildman–Crippen MR) is 34.2 cm³/mol. The summed E-state index contributed by atoms with van der Waals surface area (Å²) in [5, 5.41) is 0.827. The van der Waals surface area contributed by atoms with E-state index >= 15 is 0 Å². The fourth-order valence-corrected chi connectivity index (χ4v) is 1.01. The van der Waals surface area contributed by atoms with E-state index in [4.69, 9.17) is 6.42 Å². The van der Waals surface area contributed by atoms with Gasteiger partial charge < -0.3 is 0 Å².